The van der Waals surface area contributed by atoms with Crippen LogP contribution in [0.2, 0.25) is 0 Å². The normalized spacial score (nSPS) is 22.1. The molecular weight excluding hydrogens is 486 g/mol. The van der Waals surface area contributed by atoms with E-state index in [9.17, 15) is 14.4 Å². The Balaban J connectivity index is 2.04. The first-order chi connectivity index (χ1) is 16.1. The fourth-order valence-corrected chi connectivity index (χ4v) is 3.70. The average Bonchev–Trinajstić information content (AvgIpc) is 3.32. The van der Waals surface area contributed by atoms with E-state index in [0.717, 1.165) is 0 Å². The van der Waals surface area contributed by atoms with E-state index < -0.39 is 42.0 Å². The van der Waals surface area contributed by atoms with Gasteiger partial charge in [-0.1, -0.05) is 25.6 Å². The number of rotatable bonds is 8. The monoisotopic (exact) mass is 513 g/mol. The second-order valence-corrected chi connectivity index (χ2v) is 9.40. The molecule has 14 heteroatoms. The number of anilines is 1. The number of aromatic nitrogens is 4. The molecule has 1 fully saturated rings. The fraction of sp³-hybridized carbons (Fsp3) is 0.600. The van der Waals surface area contributed by atoms with Crippen LogP contribution in [0.4, 0.5) is 5.95 Å². The van der Waals surface area contributed by atoms with E-state index in [4.69, 9.17) is 31.2 Å². The zero-order valence-corrected chi connectivity index (χ0v) is 21.0. The predicted octanol–water partition coefficient (Wildman–Crippen LogP) is 1.61. The average molecular weight is 514 g/mol. The highest BCUT2D eigenvalue weighted by atomic mass is 32.2. The molecule has 0 unspecified atom stereocenters. The lowest BCUT2D eigenvalue weighted by atomic mass is 10.1. The molecule has 2 N–H and O–H groups in total. The third-order valence-electron chi connectivity index (χ3n) is 4.82. The fourth-order valence-electron chi connectivity index (χ4n) is 3.38. The van der Waals surface area contributed by atoms with Gasteiger partial charge < -0.3 is 24.3 Å². The number of hydrogen-bond acceptors (Lipinski definition) is 12. The summed E-state index contributed by atoms with van der Waals surface area (Å²) in [7, 11) is 0. The molecule has 1 aliphatic rings. The Morgan fingerprint density at radius 3 is 2.65 bits per heavy atom. The van der Waals surface area contributed by atoms with Crippen LogP contribution in [-0.4, -0.2) is 73.6 Å². The van der Waals surface area contributed by atoms with E-state index in [1.54, 1.807) is 6.26 Å². The molecule has 2 aromatic heterocycles. The van der Waals surface area contributed by atoms with E-state index in [1.807, 2.05) is 13.8 Å². The summed E-state index contributed by atoms with van der Waals surface area (Å²) in [5, 5.41) is 3.08. The smallest absolute Gasteiger partial charge is 0.303 e. The number of carbonyl (C=O) groups excluding carboxylic acids is 2. The van der Waals surface area contributed by atoms with Crippen molar-refractivity contribution in [2.45, 2.75) is 52.2 Å². The van der Waals surface area contributed by atoms with Crippen LogP contribution in [0.25, 0.3) is 11.2 Å². The lowest BCUT2D eigenvalue weighted by Gasteiger charge is -2.24. The van der Waals surface area contributed by atoms with Crippen molar-refractivity contribution in [3.05, 3.63) is 16.7 Å². The highest BCUT2D eigenvalue weighted by Crippen LogP contribution is 2.36. The zero-order chi connectivity index (χ0) is 25.0. The second kappa shape index (κ2) is 11.1. The van der Waals surface area contributed by atoms with Crippen LogP contribution in [0, 0.1) is 5.92 Å². The number of carbonyl (C=O) groups is 2. The van der Waals surface area contributed by atoms with E-state index in [0.29, 0.717) is 12.5 Å². The van der Waals surface area contributed by atoms with Gasteiger partial charge in [-0.15, -0.1) is 0 Å². The highest BCUT2D eigenvalue weighted by Gasteiger charge is 2.51. The molecule has 0 saturated carbocycles. The summed E-state index contributed by atoms with van der Waals surface area (Å²) >= 11 is 6.43. The van der Waals surface area contributed by atoms with Crippen molar-refractivity contribution in [2.24, 2.45) is 5.92 Å². The number of nitrogens with zero attached hydrogens (tertiary/aromatic N) is 3. The van der Waals surface area contributed by atoms with Crippen LogP contribution in [0.5, 0.6) is 0 Å². The maximum atomic E-state index is 12.6. The van der Waals surface area contributed by atoms with Crippen molar-refractivity contribution in [1.82, 2.24) is 19.5 Å². The molecule has 1 aliphatic heterocycles. The number of aromatic amines is 1. The minimum Gasteiger partial charge on any atom is -0.466 e. The van der Waals surface area contributed by atoms with Gasteiger partial charge in [0.15, 0.2) is 29.6 Å². The molecule has 0 radical (unpaired) electrons. The number of H-pyrrole nitrogens is 1. The van der Waals surface area contributed by atoms with Crippen LogP contribution < -0.4 is 10.9 Å². The number of ether oxygens (including phenoxy) is 4. The molecule has 34 heavy (non-hydrogen) atoms. The van der Waals surface area contributed by atoms with Gasteiger partial charge in [0.2, 0.25) is 10.3 Å². The Hall–Kier alpha value is -2.71. The second-order valence-electron chi connectivity index (χ2n) is 7.99. The van der Waals surface area contributed by atoms with Gasteiger partial charge in [-0.05, 0) is 24.4 Å². The quantitative estimate of drug-likeness (QED) is 0.390. The number of hydrogen-bond donors (Lipinski definition) is 2. The van der Waals surface area contributed by atoms with Crippen molar-refractivity contribution in [3.8, 4) is 0 Å². The van der Waals surface area contributed by atoms with Gasteiger partial charge in [0.1, 0.15) is 12.7 Å². The third kappa shape index (κ3) is 6.04. The molecule has 0 spiro atoms. The standard InChI is InChI=1S/C20H27N5O7S2/c1-9(2)6-21-19-23-16-13(17(28)24-19)22-8-25(16)18-15(32-20(33)34-5)14(30-11(4)27)12(31-18)7-29-10(3)26/h8-9,12,14-15,18H,6-7H2,1-5H3,(H2,21,23,24,28)/t12-,14-,15-,18-/m1/s1. The first-order valence-electron chi connectivity index (χ1n) is 10.5. The number of nitrogens with one attached hydrogen (secondary N) is 2. The van der Waals surface area contributed by atoms with Crippen molar-refractivity contribution in [2.75, 3.05) is 24.7 Å². The van der Waals surface area contributed by atoms with Crippen molar-refractivity contribution < 1.29 is 28.5 Å². The molecule has 4 atom stereocenters. The molecule has 1 saturated heterocycles. The highest BCUT2D eigenvalue weighted by molar-refractivity contribution is 8.22. The zero-order valence-electron chi connectivity index (χ0n) is 19.4. The van der Waals surface area contributed by atoms with Crippen molar-refractivity contribution in [1.29, 1.82) is 0 Å². The Morgan fingerprint density at radius 2 is 2.03 bits per heavy atom. The number of thiocarbonyl (C=S) groups is 1. The maximum absolute atomic E-state index is 12.6. The molecule has 3 rings (SSSR count). The van der Waals surface area contributed by atoms with Gasteiger partial charge in [-0.2, -0.15) is 4.98 Å². The third-order valence-corrected chi connectivity index (χ3v) is 5.85. The predicted molar refractivity (Wildman–Crippen MR) is 129 cm³/mol. The van der Waals surface area contributed by atoms with Gasteiger partial charge in [0.05, 0.1) is 6.33 Å². The Morgan fingerprint density at radius 1 is 1.29 bits per heavy atom. The number of esters is 2. The van der Waals surface area contributed by atoms with Crippen LogP contribution >= 0.6 is 24.0 Å². The van der Waals surface area contributed by atoms with E-state index in [2.05, 4.69) is 20.3 Å². The molecule has 2 aromatic rings. The van der Waals surface area contributed by atoms with Gasteiger partial charge in [0.25, 0.3) is 5.56 Å². The van der Waals surface area contributed by atoms with Gasteiger partial charge in [-0.3, -0.25) is 23.9 Å². The molecule has 0 aliphatic carbocycles. The first-order valence-corrected chi connectivity index (χ1v) is 12.1. The van der Waals surface area contributed by atoms with E-state index in [1.165, 1.54) is 36.5 Å². The topological polar surface area (TPSA) is 147 Å². The maximum Gasteiger partial charge on any atom is 0.303 e. The summed E-state index contributed by atoms with van der Waals surface area (Å²) in [5.74, 6) is -0.499. The Labute approximate surface area is 205 Å². The van der Waals surface area contributed by atoms with Crippen LogP contribution in [0.15, 0.2) is 11.1 Å². The van der Waals surface area contributed by atoms with E-state index >= 15 is 0 Å². The Bertz CT molecular complexity index is 1120. The number of imidazole rings is 1. The van der Waals surface area contributed by atoms with Gasteiger partial charge in [0, 0.05) is 20.4 Å². The lowest BCUT2D eigenvalue weighted by Crippen LogP contribution is -2.40. The minimum atomic E-state index is -0.954. The Kier molecular flexibility index (Phi) is 8.49. The summed E-state index contributed by atoms with van der Waals surface area (Å²) in [4.78, 5) is 47.2. The number of fused-ring (bicyclic) bond motifs is 1. The van der Waals surface area contributed by atoms with Crippen molar-refractivity contribution in [3.63, 3.8) is 0 Å². The van der Waals surface area contributed by atoms with E-state index in [-0.39, 0.29) is 28.1 Å². The minimum absolute atomic E-state index is 0.0948. The summed E-state index contributed by atoms with van der Waals surface area (Å²) in [6.45, 7) is 6.97. The lowest BCUT2D eigenvalue weighted by molar-refractivity contribution is -0.157. The first kappa shape index (κ1) is 25.9. The summed E-state index contributed by atoms with van der Waals surface area (Å²) < 4.78 is 24.3. The van der Waals surface area contributed by atoms with Crippen LogP contribution in [-0.2, 0) is 28.5 Å². The van der Waals surface area contributed by atoms with Crippen LogP contribution in [0.3, 0.4) is 0 Å². The van der Waals surface area contributed by atoms with Gasteiger partial charge in [-0.25, -0.2) is 4.98 Å². The SMILES string of the molecule is CSC(=S)O[C@@H]1[C@H](OC(C)=O)[C@@H](COC(C)=O)O[C@H]1n1cnc2c(=O)[nH]c(NCC(C)C)nc21. The molecule has 3 heterocycles. The summed E-state index contributed by atoms with van der Waals surface area (Å²) in [5.41, 5.74) is -0.103. The summed E-state index contributed by atoms with van der Waals surface area (Å²) in [6, 6.07) is 0. The molecule has 0 aromatic carbocycles. The van der Waals surface area contributed by atoms with Crippen molar-refractivity contribution >= 4 is 57.4 Å². The molecule has 0 bridgehead atoms. The molecule has 12 nitrogen and oxygen atoms in total. The largest absolute Gasteiger partial charge is 0.466 e. The number of thioether (sulfide) groups is 1. The molecule has 0 amide bonds. The van der Waals surface area contributed by atoms with Gasteiger partial charge >= 0.3 is 11.9 Å². The van der Waals surface area contributed by atoms with Crippen LogP contribution in [0.1, 0.15) is 33.9 Å². The molecule has 186 valence electrons. The summed E-state index contributed by atoms with van der Waals surface area (Å²) in [6.07, 6.45) is -0.538. The molecular formula is C20H27N5O7S2.